The van der Waals surface area contributed by atoms with E-state index in [-0.39, 0.29) is 17.5 Å². The van der Waals surface area contributed by atoms with Gasteiger partial charge in [0.1, 0.15) is 17.3 Å². The van der Waals surface area contributed by atoms with Crippen LogP contribution in [0.3, 0.4) is 0 Å². The zero-order valence-corrected chi connectivity index (χ0v) is 12.9. The van der Waals surface area contributed by atoms with Crippen molar-refractivity contribution in [2.24, 2.45) is 0 Å². The average Bonchev–Trinajstić information content (AvgIpc) is 2.51. The Morgan fingerprint density at radius 3 is 2.52 bits per heavy atom. The number of alkyl halides is 3. The molecule has 2 heterocycles. The fourth-order valence-corrected chi connectivity index (χ4v) is 2.43. The maximum absolute atomic E-state index is 12.8. The molecule has 1 aliphatic heterocycles. The maximum Gasteiger partial charge on any atom is 0.433 e. The second kappa shape index (κ2) is 6.97. The highest BCUT2D eigenvalue weighted by Gasteiger charge is 2.34. The quantitative estimate of drug-likeness (QED) is 0.797. The van der Waals surface area contributed by atoms with Crippen LogP contribution >= 0.6 is 0 Å². The number of anilines is 1. The summed E-state index contributed by atoms with van der Waals surface area (Å²) in [4.78, 5) is 22.9. The molecule has 0 bridgehead atoms. The van der Waals surface area contributed by atoms with Gasteiger partial charge in [-0.1, -0.05) is 6.08 Å². The third kappa shape index (κ3) is 4.43. The molecule has 0 unspecified atom stereocenters. The number of hydrogen-bond donors (Lipinski definition) is 0. The van der Waals surface area contributed by atoms with Crippen LogP contribution in [-0.4, -0.2) is 47.0 Å². The van der Waals surface area contributed by atoms with Gasteiger partial charge in [0.05, 0.1) is 0 Å². The van der Waals surface area contributed by atoms with Crippen molar-refractivity contribution in [2.45, 2.75) is 25.9 Å². The van der Waals surface area contributed by atoms with Gasteiger partial charge in [0, 0.05) is 38.7 Å². The van der Waals surface area contributed by atoms with E-state index in [1.165, 1.54) is 6.92 Å². The molecule has 1 aromatic rings. The number of hydrogen-bond acceptors (Lipinski definition) is 4. The Kier molecular flexibility index (Phi) is 5.23. The minimum atomic E-state index is -4.50. The zero-order chi connectivity index (χ0) is 17.0. The first kappa shape index (κ1) is 17.2. The van der Waals surface area contributed by atoms with E-state index in [4.69, 9.17) is 0 Å². The Bertz CT molecular complexity index is 581. The monoisotopic (exact) mass is 328 g/mol. The molecular formula is C15H19F3N4O. The molecule has 23 heavy (non-hydrogen) atoms. The van der Waals surface area contributed by atoms with E-state index in [9.17, 15) is 18.0 Å². The normalized spacial score (nSPS) is 15.7. The molecule has 0 atom stereocenters. The van der Waals surface area contributed by atoms with E-state index in [0.29, 0.717) is 39.0 Å². The summed E-state index contributed by atoms with van der Waals surface area (Å²) in [6, 6.07) is 0.961. The number of aromatic nitrogens is 2. The molecule has 2 rings (SSSR count). The highest BCUT2D eigenvalue weighted by Crippen LogP contribution is 2.29. The molecule has 5 nitrogen and oxygen atoms in total. The van der Waals surface area contributed by atoms with Crippen molar-refractivity contribution in [3.8, 4) is 0 Å². The molecule has 0 radical (unpaired) electrons. The van der Waals surface area contributed by atoms with E-state index in [1.807, 2.05) is 0 Å². The number of carbonyl (C=O) groups excluding carboxylic acids is 1. The van der Waals surface area contributed by atoms with Crippen LogP contribution in [-0.2, 0) is 11.0 Å². The maximum atomic E-state index is 12.8. The van der Waals surface area contributed by atoms with Crippen LogP contribution < -0.4 is 4.90 Å². The number of aryl methyl sites for hydroxylation is 1. The van der Waals surface area contributed by atoms with Gasteiger partial charge in [-0.2, -0.15) is 13.2 Å². The third-order valence-corrected chi connectivity index (χ3v) is 3.63. The van der Waals surface area contributed by atoms with E-state index in [0.717, 1.165) is 6.07 Å². The molecule has 1 aromatic heterocycles. The molecule has 0 aliphatic carbocycles. The molecule has 0 aromatic carbocycles. The van der Waals surface area contributed by atoms with Gasteiger partial charge in [0.25, 0.3) is 0 Å². The van der Waals surface area contributed by atoms with Crippen LogP contribution in [0.2, 0.25) is 0 Å². The van der Waals surface area contributed by atoms with Crippen molar-refractivity contribution in [2.75, 3.05) is 31.1 Å². The smallest absolute Gasteiger partial charge is 0.353 e. The van der Waals surface area contributed by atoms with Crippen molar-refractivity contribution in [3.05, 3.63) is 30.2 Å². The number of carbonyl (C=O) groups is 1. The fourth-order valence-electron chi connectivity index (χ4n) is 2.43. The number of rotatable bonds is 4. The summed E-state index contributed by atoms with van der Waals surface area (Å²) >= 11 is 0. The van der Waals surface area contributed by atoms with E-state index in [2.05, 4.69) is 16.5 Å². The first-order chi connectivity index (χ1) is 10.8. The number of allylic oxidation sites excluding steroid dienone is 1. The lowest BCUT2D eigenvalue weighted by Crippen LogP contribution is -2.49. The molecule has 126 valence electrons. The summed E-state index contributed by atoms with van der Waals surface area (Å²) in [5.41, 5.74) is -0.940. The summed E-state index contributed by atoms with van der Waals surface area (Å²) < 4.78 is 38.5. The summed E-state index contributed by atoms with van der Waals surface area (Å²) in [6.45, 7) is 6.87. The third-order valence-electron chi connectivity index (χ3n) is 3.63. The lowest BCUT2D eigenvalue weighted by atomic mass is 10.2. The minimum absolute atomic E-state index is 0.0411. The Morgan fingerprint density at radius 2 is 1.96 bits per heavy atom. The average molecular weight is 328 g/mol. The highest BCUT2D eigenvalue weighted by atomic mass is 19.4. The van der Waals surface area contributed by atoms with Crippen LogP contribution in [0.25, 0.3) is 0 Å². The van der Waals surface area contributed by atoms with Gasteiger partial charge in [0.15, 0.2) is 0 Å². The molecule has 1 saturated heterocycles. The van der Waals surface area contributed by atoms with Crippen LogP contribution in [0.1, 0.15) is 24.4 Å². The van der Waals surface area contributed by atoms with Gasteiger partial charge in [-0.25, -0.2) is 9.97 Å². The van der Waals surface area contributed by atoms with Crippen molar-refractivity contribution in [1.29, 1.82) is 0 Å². The Labute approximate surface area is 132 Å². The standard InChI is InChI=1S/C15H19F3N4O/c1-3-4-5-14(23)22-8-6-21(7-9-22)13-10-12(15(16,17)18)19-11(2)20-13/h3,10H,1,4-9H2,2H3. The molecule has 0 saturated carbocycles. The number of amides is 1. The second-order valence-electron chi connectivity index (χ2n) is 5.35. The Morgan fingerprint density at radius 1 is 1.30 bits per heavy atom. The van der Waals surface area contributed by atoms with Crippen LogP contribution in [0.5, 0.6) is 0 Å². The summed E-state index contributed by atoms with van der Waals surface area (Å²) in [5.74, 6) is 0.377. The molecule has 0 spiro atoms. The molecule has 1 aliphatic rings. The summed E-state index contributed by atoms with van der Waals surface area (Å²) in [5, 5.41) is 0. The van der Waals surface area contributed by atoms with Gasteiger partial charge in [-0.3, -0.25) is 4.79 Å². The fraction of sp³-hybridized carbons (Fsp3) is 0.533. The van der Waals surface area contributed by atoms with Crippen LogP contribution in [0.15, 0.2) is 18.7 Å². The van der Waals surface area contributed by atoms with Crippen LogP contribution in [0.4, 0.5) is 19.0 Å². The minimum Gasteiger partial charge on any atom is -0.353 e. The predicted octanol–water partition coefficient (Wildman–Crippen LogP) is 2.42. The topological polar surface area (TPSA) is 49.3 Å². The van der Waals surface area contributed by atoms with Gasteiger partial charge in [-0.05, 0) is 13.3 Å². The first-order valence-corrected chi connectivity index (χ1v) is 7.38. The molecule has 1 amide bonds. The van der Waals surface area contributed by atoms with Crippen molar-refractivity contribution < 1.29 is 18.0 Å². The lowest BCUT2D eigenvalue weighted by Gasteiger charge is -2.35. The highest BCUT2D eigenvalue weighted by molar-refractivity contribution is 5.76. The largest absolute Gasteiger partial charge is 0.433 e. The number of piperazine rings is 1. The van der Waals surface area contributed by atoms with E-state index < -0.39 is 11.9 Å². The van der Waals surface area contributed by atoms with Crippen molar-refractivity contribution in [3.63, 3.8) is 0 Å². The zero-order valence-electron chi connectivity index (χ0n) is 12.9. The predicted molar refractivity (Wildman–Crippen MR) is 80.0 cm³/mol. The first-order valence-electron chi connectivity index (χ1n) is 7.38. The van der Waals surface area contributed by atoms with Crippen molar-refractivity contribution >= 4 is 11.7 Å². The second-order valence-corrected chi connectivity index (χ2v) is 5.35. The molecule has 0 N–H and O–H groups in total. The summed E-state index contributed by atoms with van der Waals surface area (Å²) in [6.07, 6.45) is -1.77. The summed E-state index contributed by atoms with van der Waals surface area (Å²) in [7, 11) is 0. The van der Waals surface area contributed by atoms with Crippen LogP contribution in [0, 0.1) is 6.92 Å². The number of nitrogens with zero attached hydrogens (tertiary/aromatic N) is 4. The van der Waals surface area contributed by atoms with Gasteiger partial charge in [0.2, 0.25) is 5.91 Å². The lowest BCUT2D eigenvalue weighted by molar-refractivity contribution is -0.141. The Balaban J connectivity index is 2.04. The Hall–Kier alpha value is -2.12. The molecular weight excluding hydrogens is 309 g/mol. The van der Waals surface area contributed by atoms with Gasteiger partial charge < -0.3 is 9.80 Å². The SMILES string of the molecule is C=CCCC(=O)N1CCN(c2cc(C(F)(F)F)nc(C)n2)CC1. The molecule has 8 heteroatoms. The van der Waals surface area contributed by atoms with Gasteiger partial charge >= 0.3 is 6.18 Å². The van der Waals surface area contributed by atoms with E-state index >= 15 is 0 Å². The van der Waals surface area contributed by atoms with E-state index in [1.54, 1.807) is 15.9 Å². The number of halogens is 3. The van der Waals surface area contributed by atoms with Crippen molar-refractivity contribution in [1.82, 2.24) is 14.9 Å². The molecule has 1 fully saturated rings. The van der Waals surface area contributed by atoms with Gasteiger partial charge in [-0.15, -0.1) is 6.58 Å².